The Bertz CT molecular complexity index is 596. The Hall–Kier alpha value is -1.73. The highest BCUT2D eigenvalue weighted by Gasteiger charge is 2.27. The van der Waals surface area contributed by atoms with Gasteiger partial charge in [-0.1, -0.05) is 6.07 Å². The van der Waals surface area contributed by atoms with Crippen molar-refractivity contribution in [2.24, 2.45) is 0 Å². The zero-order chi connectivity index (χ0) is 14.7. The topological polar surface area (TPSA) is 71.1 Å². The molecule has 0 radical (unpaired) electrons. The van der Waals surface area contributed by atoms with E-state index < -0.39 is 0 Å². The van der Waals surface area contributed by atoms with Crippen LogP contribution in [0.4, 0.5) is 0 Å². The Kier molecular flexibility index (Phi) is 4.31. The number of ether oxygens (including phenoxy) is 1. The number of amides is 1. The summed E-state index contributed by atoms with van der Waals surface area (Å²) >= 11 is 1.69. The van der Waals surface area contributed by atoms with Gasteiger partial charge in [-0.05, 0) is 24.8 Å². The van der Waals surface area contributed by atoms with E-state index in [1.54, 1.807) is 11.3 Å². The van der Waals surface area contributed by atoms with Gasteiger partial charge in [-0.2, -0.15) is 5.10 Å². The molecule has 112 valence electrons. The van der Waals surface area contributed by atoms with Gasteiger partial charge in [0.1, 0.15) is 11.9 Å². The van der Waals surface area contributed by atoms with E-state index >= 15 is 0 Å². The summed E-state index contributed by atoms with van der Waals surface area (Å²) in [6, 6.07) is 4.08. The van der Waals surface area contributed by atoms with Crippen LogP contribution in [0, 0.1) is 6.92 Å². The Morgan fingerprint density at radius 2 is 2.52 bits per heavy atom. The smallest absolute Gasteiger partial charge is 0.223 e. The molecule has 1 aliphatic heterocycles. The predicted octanol–water partition coefficient (Wildman–Crippen LogP) is 1.71. The molecule has 0 spiro atoms. The molecule has 1 saturated heterocycles. The van der Waals surface area contributed by atoms with E-state index in [0.717, 1.165) is 12.2 Å². The molecule has 1 aliphatic rings. The average molecular weight is 306 g/mol. The van der Waals surface area contributed by atoms with Crippen LogP contribution in [0.5, 0.6) is 0 Å². The normalized spacial score (nSPS) is 18.9. The number of thiophene rings is 1. The van der Waals surface area contributed by atoms with Gasteiger partial charge >= 0.3 is 0 Å². The van der Waals surface area contributed by atoms with Gasteiger partial charge in [-0.15, -0.1) is 11.3 Å². The second-order valence-corrected chi connectivity index (χ2v) is 6.09. The third kappa shape index (κ3) is 3.48. The molecule has 7 heteroatoms. The zero-order valence-corrected chi connectivity index (χ0v) is 12.7. The van der Waals surface area contributed by atoms with Crippen molar-refractivity contribution in [2.45, 2.75) is 25.9 Å². The highest BCUT2D eigenvalue weighted by Crippen LogP contribution is 2.20. The van der Waals surface area contributed by atoms with E-state index in [-0.39, 0.29) is 12.0 Å². The fraction of sp³-hybridized carbons (Fsp3) is 0.500. The summed E-state index contributed by atoms with van der Waals surface area (Å²) in [6.45, 7) is 3.55. The summed E-state index contributed by atoms with van der Waals surface area (Å²) in [7, 11) is 0. The van der Waals surface area contributed by atoms with Crippen molar-refractivity contribution >= 4 is 17.2 Å². The predicted molar refractivity (Wildman–Crippen MR) is 79.0 cm³/mol. The minimum absolute atomic E-state index is 0.170. The number of aryl methyl sites for hydroxylation is 2. The first-order valence-electron chi connectivity index (χ1n) is 7.03. The van der Waals surface area contributed by atoms with Crippen LogP contribution in [-0.4, -0.2) is 45.7 Å². The molecule has 21 heavy (non-hydrogen) atoms. The SMILES string of the molecule is Cc1nc([C@H]2CN(C(=O)CCc3cccs3)CCO2)n[nH]1. The molecular weight excluding hydrogens is 288 g/mol. The van der Waals surface area contributed by atoms with Crippen LogP contribution in [0.2, 0.25) is 0 Å². The number of H-pyrrole nitrogens is 1. The summed E-state index contributed by atoms with van der Waals surface area (Å²) in [4.78, 5) is 19.7. The quantitative estimate of drug-likeness (QED) is 0.933. The third-order valence-corrected chi connectivity index (χ3v) is 4.42. The molecule has 1 fully saturated rings. The number of aromatic amines is 1. The molecule has 1 N–H and O–H groups in total. The molecule has 2 aromatic rings. The third-order valence-electron chi connectivity index (χ3n) is 3.49. The van der Waals surface area contributed by atoms with Crippen LogP contribution in [0.1, 0.15) is 29.1 Å². The lowest BCUT2D eigenvalue weighted by Gasteiger charge is -2.31. The Labute approximate surface area is 127 Å². The van der Waals surface area contributed by atoms with Gasteiger partial charge < -0.3 is 9.64 Å². The lowest BCUT2D eigenvalue weighted by molar-refractivity contribution is -0.139. The number of morpholine rings is 1. The first kappa shape index (κ1) is 14.2. The van der Waals surface area contributed by atoms with Crippen molar-refractivity contribution in [3.05, 3.63) is 34.0 Å². The van der Waals surface area contributed by atoms with Crippen molar-refractivity contribution in [1.82, 2.24) is 20.1 Å². The molecule has 1 atom stereocenters. The monoisotopic (exact) mass is 306 g/mol. The van der Waals surface area contributed by atoms with E-state index in [1.807, 2.05) is 23.3 Å². The number of carbonyl (C=O) groups is 1. The van der Waals surface area contributed by atoms with Gasteiger partial charge in [0.2, 0.25) is 5.91 Å². The standard InChI is InChI=1S/C14H18N4O2S/c1-10-15-14(17-16-10)12-9-18(6-7-20-12)13(19)5-4-11-3-2-8-21-11/h2-3,8,12H,4-7,9H2,1H3,(H,15,16,17)/t12-/m1/s1. The second-order valence-electron chi connectivity index (χ2n) is 5.06. The molecule has 3 heterocycles. The van der Waals surface area contributed by atoms with Crippen LogP contribution >= 0.6 is 11.3 Å². The van der Waals surface area contributed by atoms with E-state index in [0.29, 0.717) is 31.9 Å². The summed E-state index contributed by atoms with van der Waals surface area (Å²) in [5, 5.41) is 8.97. The summed E-state index contributed by atoms with van der Waals surface area (Å²) in [5.41, 5.74) is 0. The van der Waals surface area contributed by atoms with Crippen LogP contribution < -0.4 is 0 Å². The maximum absolute atomic E-state index is 12.3. The minimum atomic E-state index is -0.227. The fourth-order valence-electron chi connectivity index (χ4n) is 2.38. The highest BCUT2D eigenvalue weighted by atomic mass is 32.1. The number of hydrogen-bond acceptors (Lipinski definition) is 5. The van der Waals surface area contributed by atoms with Crippen LogP contribution in [-0.2, 0) is 16.0 Å². The van der Waals surface area contributed by atoms with Gasteiger partial charge in [0.15, 0.2) is 5.82 Å². The van der Waals surface area contributed by atoms with Crippen molar-refractivity contribution in [2.75, 3.05) is 19.7 Å². The van der Waals surface area contributed by atoms with Crippen molar-refractivity contribution in [3.63, 3.8) is 0 Å². The number of nitrogens with one attached hydrogen (secondary N) is 1. The Morgan fingerprint density at radius 1 is 1.62 bits per heavy atom. The molecule has 6 nitrogen and oxygen atoms in total. The Morgan fingerprint density at radius 3 is 3.24 bits per heavy atom. The molecule has 2 aromatic heterocycles. The van der Waals surface area contributed by atoms with Crippen LogP contribution in [0.3, 0.4) is 0 Å². The largest absolute Gasteiger partial charge is 0.366 e. The van der Waals surface area contributed by atoms with Crippen molar-refractivity contribution < 1.29 is 9.53 Å². The van der Waals surface area contributed by atoms with Crippen LogP contribution in [0.25, 0.3) is 0 Å². The fourth-order valence-corrected chi connectivity index (χ4v) is 3.09. The minimum Gasteiger partial charge on any atom is -0.366 e. The highest BCUT2D eigenvalue weighted by molar-refractivity contribution is 7.09. The van der Waals surface area contributed by atoms with E-state index in [2.05, 4.69) is 21.2 Å². The number of hydrogen-bond donors (Lipinski definition) is 1. The summed E-state index contributed by atoms with van der Waals surface area (Å²) in [5.74, 6) is 1.56. The van der Waals surface area contributed by atoms with Crippen LogP contribution in [0.15, 0.2) is 17.5 Å². The van der Waals surface area contributed by atoms with Crippen molar-refractivity contribution in [3.8, 4) is 0 Å². The molecule has 0 unspecified atom stereocenters. The lowest BCUT2D eigenvalue weighted by atomic mass is 10.2. The summed E-state index contributed by atoms with van der Waals surface area (Å²) < 4.78 is 5.67. The van der Waals surface area contributed by atoms with E-state index in [4.69, 9.17) is 4.74 Å². The molecule has 0 bridgehead atoms. The second kappa shape index (κ2) is 6.36. The van der Waals surface area contributed by atoms with E-state index in [1.165, 1.54) is 4.88 Å². The number of aromatic nitrogens is 3. The van der Waals surface area contributed by atoms with Gasteiger partial charge in [0.05, 0.1) is 13.2 Å². The molecule has 1 amide bonds. The molecule has 0 saturated carbocycles. The van der Waals surface area contributed by atoms with Gasteiger partial charge in [0.25, 0.3) is 0 Å². The maximum Gasteiger partial charge on any atom is 0.223 e. The molecule has 0 aromatic carbocycles. The number of nitrogens with zero attached hydrogens (tertiary/aromatic N) is 3. The van der Waals surface area contributed by atoms with Gasteiger partial charge in [0, 0.05) is 17.8 Å². The molecule has 3 rings (SSSR count). The summed E-state index contributed by atoms with van der Waals surface area (Å²) in [6.07, 6.45) is 1.12. The van der Waals surface area contributed by atoms with Gasteiger partial charge in [-0.3, -0.25) is 9.89 Å². The molecular formula is C14H18N4O2S. The molecule has 0 aliphatic carbocycles. The first-order chi connectivity index (χ1) is 10.2. The average Bonchev–Trinajstić information content (AvgIpc) is 3.16. The zero-order valence-electron chi connectivity index (χ0n) is 11.9. The maximum atomic E-state index is 12.3. The number of rotatable bonds is 4. The Balaban J connectivity index is 1.56. The van der Waals surface area contributed by atoms with Gasteiger partial charge in [-0.25, -0.2) is 4.98 Å². The number of carbonyl (C=O) groups excluding carboxylic acids is 1. The lowest BCUT2D eigenvalue weighted by Crippen LogP contribution is -2.42. The first-order valence-corrected chi connectivity index (χ1v) is 7.91. The van der Waals surface area contributed by atoms with Crippen molar-refractivity contribution in [1.29, 1.82) is 0 Å². The van der Waals surface area contributed by atoms with E-state index in [9.17, 15) is 4.79 Å².